The highest BCUT2D eigenvalue weighted by Gasteiger charge is 2.17. The van der Waals surface area contributed by atoms with Gasteiger partial charge in [0.1, 0.15) is 13.2 Å². The van der Waals surface area contributed by atoms with E-state index in [1.54, 1.807) is 42.5 Å². The molecule has 0 amide bonds. The molecule has 0 saturated heterocycles. The summed E-state index contributed by atoms with van der Waals surface area (Å²) in [6, 6.07) is 11.8. The Kier molecular flexibility index (Phi) is 4.10. The average molecular weight is 372 g/mol. The lowest BCUT2D eigenvalue weighted by molar-refractivity contribution is 0.0948. The molecule has 1 aliphatic heterocycles. The van der Waals surface area contributed by atoms with Gasteiger partial charge in [0.05, 0.1) is 0 Å². The molecule has 0 fully saturated rings. The van der Waals surface area contributed by atoms with E-state index in [2.05, 4.69) is 15.4 Å². The normalized spacial score (nSPS) is 12.7. The zero-order chi connectivity index (χ0) is 18.1. The lowest BCUT2D eigenvalue weighted by atomic mass is 10.2. The van der Waals surface area contributed by atoms with Gasteiger partial charge in [0.2, 0.25) is 11.9 Å². The monoisotopic (exact) mass is 371 g/mol. The van der Waals surface area contributed by atoms with Gasteiger partial charge in [-0.1, -0.05) is 11.6 Å². The molecular formula is C17H14ClN5O3. The maximum atomic E-state index is 12.5. The molecule has 3 N–H and O–H groups in total. The highest BCUT2D eigenvalue weighted by Crippen LogP contribution is 2.33. The molecule has 8 nitrogen and oxygen atoms in total. The summed E-state index contributed by atoms with van der Waals surface area (Å²) < 4.78 is 12.0. The first-order chi connectivity index (χ1) is 12.6. The third kappa shape index (κ3) is 3.14. The van der Waals surface area contributed by atoms with Gasteiger partial charge in [0, 0.05) is 22.3 Å². The second-order valence-electron chi connectivity index (χ2n) is 5.50. The number of anilines is 3. The number of rotatable bonds is 3. The summed E-state index contributed by atoms with van der Waals surface area (Å²) in [5.41, 5.74) is 6.92. The quantitative estimate of drug-likeness (QED) is 0.729. The Bertz CT molecular complexity index is 971. The van der Waals surface area contributed by atoms with Gasteiger partial charge in [-0.15, -0.1) is 5.10 Å². The van der Waals surface area contributed by atoms with Gasteiger partial charge in [0.25, 0.3) is 5.91 Å². The molecule has 0 radical (unpaired) electrons. The van der Waals surface area contributed by atoms with E-state index in [1.165, 1.54) is 0 Å². The number of aromatic nitrogens is 3. The summed E-state index contributed by atoms with van der Waals surface area (Å²) in [7, 11) is 0. The molecule has 9 heteroatoms. The SMILES string of the molecule is Nc1nc(Nc2ccc3c(c2)OCCO3)nn1C(=O)c1ccc(Cl)cc1. The molecule has 2 aromatic carbocycles. The van der Waals surface area contributed by atoms with Crippen molar-refractivity contribution in [2.24, 2.45) is 0 Å². The second-order valence-corrected chi connectivity index (χ2v) is 5.94. The highest BCUT2D eigenvalue weighted by atomic mass is 35.5. The molecule has 1 aromatic heterocycles. The van der Waals surface area contributed by atoms with Crippen LogP contribution in [0.2, 0.25) is 5.02 Å². The van der Waals surface area contributed by atoms with Crippen LogP contribution < -0.4 is 20.5 Å². The van der Waals surface area contributed by atoms with Crippen molar-refractivity contribution in [2.75, 3.05) is 24.3 Å². The molecule has 0 unspecified atom stereocenters. The first-order valence-corrected chi connectivity index (χ1v) is 8.17. The van der Waals surface area contributed by atoms with Crippen LogP contribution in [0.25, 0.3) is 0 Å². The zero-order valence-corrected chi connectivity index (χ0v) is 14.2. The van der Waals surface area contributed by atoms with Crippen molar-refractivity contribution in [3.63, 3.8) is 0 Å². The standard InChI is InChI=1S/C17H14ClN5O3/c18-11-3-1-10(2-4-11)15(24)23-16(19)21-17(22-23)20-12-5-6-13-14(9-12)26-8-7-25-13/h1-6,9H,7-8H2,(H3,19,20,21,22). The van der Waals surface area contributed by atoms with E-state index < -0.39 is 5.91 Å². The van der Waals surface area contributed by atoms with Crippen molar-refractivity contribution in [3.05, 3.63) is 53.1 Å². The fraction of sp³-hybridized carbons (Fsp3) is 0.118. The number of ether oxygens (including phenoxy) is 2. The smallest absolute Gasteiger partial charge is 0.281 e. The van der Waals surface area contributed by atoms with Crippen LogP contribution in [0.15, 0.2) is 42.5 Å². The van der Waals surface area contributed by atoms with Crippen LogP contribution in [0.5, 0.6) is 11.5 Å². The number of nitrogens with one attached hydrogen (secondary N) is 1. The van der Waals surface area contributed by atoms with E-state index in [0.717, 1.165) is 4.68 Å². The Balaban J connectivity index is 1.56. The second kappa shape index (κ2) is 6.57. The van der Waals surface area contributed by atoms with E-state index in [4.69, 9.17) is 26.8 Å². The van der Waals surface area contributed by atoms with Crippen LogP contribution in [0, 0.1) is 0 Å². The van der Waals surface area contributed by atoms with E-state index in [1.807, 2.05) is 0 Å². The van der Waals surface area contributed by atoms with Crippen molar-refractivity contribution in [1.29, 1.82) is 0 Å². The maximum absolute atomic E-state index is 12.5. The average Bonchev–Trinajstić information content (AvgIpc) is 3.02. The van der Waals surface area contributed by atoms with Gasteiger partial charge in [-0.25, -0.2) is 0 Å². The molecule has 2 heterocycles. The maximum Gasteiger partial charge on any atom is 0.281 e. The first-order valence-electron chi connectivity index (χ1n) is 7.79. The number of halogens is 1. The minimum atomic E-state index is -0.401. The number of nitrogens with two attached hydrogens (primary N) is 1. The summed E-state index contributed by atoms with van der Waals surface area (Å²) in [5.74, 6) is 1.08. The minimum absolute atomic E-state index is 0.0232. The van der Waals surface area contributed by atoms with Gasteiger partial charge in [-0.05, 0) is 36.4 Å². The summed E-state index contributed by atoms with van der Waals surface area (Å²) in [6.07, 6.45) is 0. The minimum Gasteiger partial charge on any atom is -0.486 e. The van der Waals surface area contributed by atoms with Crippen LogP contribution in [-0.2, 0) is 0 Å². The van der Waals surface area contributed by atoms with Crippen LogP contribution in [-0.4, -0.2) is 33.9 Å². The Morgan fingerprint density at radius 1 is 1.12 bits per heavy atom. The Hall–Kier alpha value is -3.26. The Labute approximate surface area is 153 Å². The van der Waals surface area contributed by atoms with Gasteiger partial charge in [-0.3, -0.25) is 4.79 Å². The Morgan fingerprint density at radius 2 is 1.85 bits per heavy atom. The molecule has 4 rings (SSSR count). The van der Waals surface area contributed by atoms with Crippen molar-refractivity contribution >= 4 is 35.1 Å². The number of nitrogen functional groups attached to an aromatic ring is 1. The summed E-state index contributed by atoms with van der Waals surface area (Å²) >= 11 is 5.84. The van der Waals surface area contributed by atoms with Gasteiger partial charge in [-0.2, -0.15) is 9.67 Å². The zero-order valence-electron chi connectivity index (χ0n) is 13.5. The molecule has 3 aromatic rings. The lowest BCUT2D eigenvalue weighted by Crippen LogP contribution is -2.16. The molecular weight excluding hydrogens is 358 g/mol. The van der Waals surface area contributed by atoms with E-state index in [-0.39, 0.29) is 11.9 Å². The lowest BCUT2D eigenvalue weighted by Gasteiger charge is -2.18. The number of hydrogen-bond acceptors (Lipinski definition) is 7. The molecule has 0 spiro atoms. The summed E-state index contributed by atoms with van der Waals surface area (Å²) in [6.45, 7) is 1.01. The molecule has 0 saturated carbocycles. The first kappa shape index (κ1) is 16.2. The third-order valence-corrected chi connectivity index (χ3v) is 3.97. The number of carbonyl (C=O) groups excluding carboxylic acids is 1. The fourth-order valence-electron chi connectivity index (χ4n) is 2.49. The van der Waals surface area contributed by atoms with Crippen molar-refractivity contribution in [1.82, 2.24) is 14.8 Å². The van der Waals surface area contributed by atoms with Gasteiger partial charge < -0.3 is 20.5 Å². The number of nitrogens with zero attached hydrogens (tertiary/aromatic N) is 3. The van der Waals surface area contributed by atoms with Crippen LogP contribution in [0.4, 0.5) is 17.6 Å². The predicted octanol–water partition coefficient (Wildman–Crippen LogP) is 2.72. The van der Waals surface area contributed by atoms with Crippen molar-refractivity contribution in [3.8, 4) is 11.5 Å². The van der Waals surface area contributed by atoms with Crippen LogP contribution >= 0.6 is 11.6 Å². The predicted molar refractivity (Wildman–Crippen MR) is 96.3 cm³/mol. The fourth-order valence-corrected chi connectivity index (χ4v) is 2.62. The van der Waals surface area contributed by atoms with Crippen LogP contribution in [0.3, 0.4) is 0 Å². The van der Waals surface area contributed by atoms with E-state index >= 15 is 0 Å². The van der Waals surface area contributed by atoms with E-state index in [0.29, 0.717) is 41.0 Å². The largest absolute Gasteiger partial charge is 0.486 e. The third-order valence-electron chi connectivity index (χ3n) is 3.71. The number of fused-ring (bicyclic) bond motifs is 1. The molecule has 132 valence electrons. The number of benzene rings is 2. The topological polar surface area (TPSA) is 104 Å². The molecule has 26 heavy (non-hydrogen) atoms. The van der Waals surface area contributed by atoms with Gasteiger partial charge in [0.15, 0.2) is 11.5 Å². The van der Waals surface area contributed by atoms with Crippen LogP contribution in [0.1, 0.15) is 10.4 Å². The highest BCUT2D eigenvalue weighted by molar-refractivity contribution is 6.30. The number of hydrogen-bond donors (Lipinski definition) is 2. The summed E-state index contributed by atoms with van der Waals surface area (Å²) in [4.78, 5) is 16.6. The van der Waals surface area contributed by atoms with Crippen molar-refractivity contribution in [2.45, 2.75) is 0 Å². The molecule has 1 aliphatic rings. The summed E-state index contributed by atoms with van der Waals surface area (Å²) in [5, 5.41) is 7.67. The molecule has 0 bridgehead atoms. The molecule has 0 aliphatic carbocycles. The number of carbonyl (C=O) groups is 1. The van der Waals surface area contributed by atoms with Gasteiger partial charge >= 0.3 is 0 Å². The molecule has 0 atom stereocenters. The van der Waals surface area contributed by atoms with E-state index in [9.17, 15) is 4.79 Å². The Morgan fingerprint density at radius 3 is 2.62 bits per heavy atom. The van der Waals surface area contributed by atoms with Crippen molar-refractivity contribution < 1.29 is 14.3 Å².